The summed E-state index contributed by atoms with van der Waals surface area (Å²) < 4.78 is 28.6. The highest BCUT2D eigenvalue weighted by Crippen LogP contribution is 2.28. The normalized spacial score (nSPS) is 11.6. The van der Waals surface area contributed by atoms with E-state index in [4.69, 9.17) is 23.2 Å². The molecule has 10 heteroatoms. The van der Waals surface area contributed by atoms with E-state index >= 15 is 0 Å². The highest BCUT2D eigenvalue weighted by atomic mass is 35.5. The summed E-state index contributed by atoms with van der Waals surface area (Å²) in [6.45, 7) is 1.92. The van der Waals surface area contributed by atoms with Crippen LogP contribution >= 0.6 is 23.2 Å². The summed E-state index contributed by atoms with van der Waals surface area (Å²) >= 11 is 12.4. The van der Waals surface area contributed by atoms with Gasteiger partial charge in [-0.3, -0.25) is 9.10 Å². The molecule has 0 saturated carbocycles. The van der Waals surface area contributed by atoms with Gasteiger partial charge in [0.15, 0.2) is 0 Å². The van der Waals surface area contributed by atoms with Gasteiger partial charge in [0, 0.05) is 21.5 Å². The van der Waals surface area contributed by atoms with Gasteiger partial charge in [-0.05, 0) is 67.1 Å². The van der Waals surface area contributed by atoms with Crippen molar-refractivity contribution in [3.63, 3.8) is 0 Å². The number of rotatable bonds is 8. The molecule has 5 rings (SSSR count). The minimum atomic E-state index is -3.91. The summed E-state index contributed by atoms with van der Waals surface area (Å²) in [6, 6.07) is 29.3. The Morgan fingerprint density at radius 1 is 0.927 bits per heavy atom. The van der Waals surface area contributed by atoms with Crippen LogP contribution in [-0.4, -0.2) is 25.5 Å². The summed E-state index contributed by atoms with van der Waals surface area (Å²) in [5, 5.41) is 5.62. The van der Waals surface area contributed by atoms with Gasteiger partial charge in [0.2, 0.25) is 0 Å². The molecule has 1 heterocycles. The van der Waals surface area contributed by atoms with Crippen molar-refractivity contribution in [2.75, 3.05) is 4.31 Å². The number of halogens is 2. The summed E-state index contributed by atoms with van der Waals surface area (Å²) in [5.74, 6) is -0.434. The molecular weight excluding hydrogens is 579 g/mol. The molecule has 7 nitrogen and oxygen atoms in total. The van der Waals surface area contributed by atoms with Crippen molar-refractivity contribution in [3.8, 4) is 0 Å². The van der Waals surface area contributed by atoms with E-state index in [1.165, 1.54) is 10.5 Å². The third-order valence-electron chi connectivity index (χ3n) is 6.32. The number of nitrogens with zero attached hydrogens (tertiary/aromatic N) is 3. The molecule has 5 aromatic rings. The number of aromatic nitrogens is 1. The lowest BCUT2D eigenvalue weighted by molar-refractivity contribution is 0.0955. The Kier molecular flexibility index (Phi) is 8.35. The van der Waals surface area contributed by atoms with Crippen LogP contribution in [0.25, 0.3) is 10.9 Å². The molecule has 0 radical (unpaired) electrons. The number of hydrogen-bond acceptors (Lipinski definition) is 5. The minimum Gasteiger partial charge on any atom is -0.267 e. The molecule has 1 amide bonds. The number of nitrogens with one attached hydrogen (secondary N) is 1. The van der Waals surface area contributed by atoms with E-state index in [9.17, 15) is 13.2 Å². The fourth-order valence-electron chi connectivity index (χ4n) is 4.14. The van der Waals surface area contributed by atoms with Gasteiger partial charge in [-0.1, -0.05) is 77.3 Å². The molecule has 0 aliphatic carbocycles. The molecule has 0 unspecified atom stereocenters. The number of aryl methyl sites for hydroxylation is 1. The second-order valence-corrected chi connectivity index (χ2v) is 11.9. The third-order valence-corrected chi connectivity index (χ3v) is 8.65. The molecule has 0 spiro atoms. The lowest BCUT2D eigenvalue weighted by Crippen LogP contribution is -2.30. The molecule has 41 heavy (non-hydrogen) atoms. The van der Waals surface area contributed by atoms with Crippen LogP contribution in [0, 0.1) is 6.92 Å². The SMILES string of the molecule is Cc1ccc(S(=O)(=O)N(Cc2ccc(C(=O)N/N=C/c3cc4ccccc4nc3Cl)cc2)c2cccc(Cl)c2)cc1. The first-order valence-corrected chi connectivity index (χ1v) is 14.7. The molecule has 0 bridgehead atoms. The molecule has 0 saturated heterocycles. The summed E-state index contributed by atoms with van der Waals surface area (Å²) in [4.78, 5) is 17.2. The second kappa shape index (κ2) is 12.1. The number of fused-ring (bicyclic) bond motifs is 1. The highest BCUT2D eigenvalue weighted by Gasteiger charge is 2.25. The summed E-state index contributed by atoms with van der Waals surface area (Å²) in [5.41, 5.74) is 6.22. The van der Waals surface area contributed by atoms with Crippen molar-refractivity contribution in [2.24, 2.45) is 5.10 Å². The zero-order valence-electron chi connectivity index (χ0n) is 21.8. The number of hydrazone groups is 1. The summed E-state index contributed by atoms with van der Waals surface area (Å²) in [6.07, 6.45) is 1.44. The number of anilines is 1. The van der Waals surface area contributed by atoms with Crippen LogP contribution in [0.2, 0.25) is 10.2 Å². The predicted molar refractivity (Wildman–Crippen MR) is 164 cm³/mol. The first kappa shape index (κ1) is 28.3. The van der Waals surface area contributed by atoms with E-state index in [2.05, 4.69) is 15.5 Å². The van der Waals surface area contributed by atoms with Crippen molar-refractivity contribution >= 4 is 61.9 Å². The predicted octanol–water partition coefficient (Wildman–Crippen LogP) is 7.01. The standard InChI is InChI=1S/C31H24Cl2N4O3S/c1-21-9-15-28(16-10-21)41(39,40)37(27-7-4-6-26(32)18-27)20-22-11-13-23(14-12-22)31(38)36-34-19-25-17-24-5-2-3-8-29(24)35-30(25)33/h2-19H,20H2,1H3,(H,36,38)/b34-19+. The van der Waals surface area contributed by atoms with Crippen molar-refractivity contribution in [2.45, 2.75) is 18.4 Å². The zero-order valence-corrected chi connectivity index (χ0v) is 24.2. The highest BCUT2D eigenvalue weighted by molar-refractivity contribution is 7.92. The number of para-hydroxylation sites is 1. The van der Waals surface area contributed by atoms with E-state index in [0.717, 1.165) is 16.5 Å². The van der Waals surface area contributed by atoms with E-state index in [0.29, 0.717) is 27.4 Å². The van der Waals surface area contributed by atoms with Gasteiger partial charge in [-0.15, -0.1) is 0 Å². The molecule has 4 aromatic carbocycles. The van der Waals surface area contributed by atoms with Gasteiger partial charge >= 0.3 is 0 Å². The maximum atomic E-state index is 13.7. The Morgan fingerprint density at radius 2 is 1.66 bits per heavy atom. The fraction of sp³-hybridized carbons (Fsp3) is 0.0645. The van der Waals surface area contributed by atoms with Crippen molar-refractivity contribution in [1.29, 1.82) is 0 Å². The Balaban J connectivity index is 1.33. The Bertz CT molecular complexity index is 1860. The quantitative estimate of drug-likeness (QED) is 0.117. The maximum Gasteiger partial charge on any atom is 0.271 e. The van der Waals surface area contributed by atoms with Crippen LogP contribution in [0.1, 0.15) is 27.0 Å². The third kappa shape index (κ3) is 6.57. The van der Waals surface area contributed by atoms with Gasteiger partial charge in [-0.25, -0.2) is 18.8 Å². The van der Waals surface area contributed by atoms with Crippen LogP contribution in [0.3, 0.4) is 0 Å². The topological polar surface area (TPSA) is 91.7 Å². The van der Waals surface area contributed by atoms with Crippen molar-refractivity contribution in [1.82, 2.24) is 10.4 Å². The monoisotopic (exact) mass is 602 g/mol. The first-order valence-electron chi connectivity index (χ1n) is 12.5. The zero-order chi connectivity index (χ0) is 29.0. The second-order valence-electron chi connectivity index (χ2n) is 9.26. The number of sulfonamides is 1. The van der Waals surface area contributed by atoms with Crippen LogP contribution < -0.4 is 9.73 Å². The van der Waals surface area contributed by atoms with Crippen molar-refractivity contribution < 1.29 is 13.2 Å². The smallest absolute Gasteiger partial charge is 0.267 e. The van der Waals surface area contributed by atoms with Crippen LogP contribution in [-0.2, 0) is 16.6 Å². The van der Waals surface area contributed by atoms with E-state index < -0.39 is 15.9 Å². The summed E-state index contributed by atoms with van der Waals surface area (Å²) in [7, 11) is -3.91. The molecule has 0 aliphatic heterocycles. The van der Waals surface area contributed by atoms with Crippen molar-refractivity contribution in [3.05, 3.63) is 136 Å². The first-order chi connectivity index (χ1) is 19.7. The van der Waals surface area contributed by atoms with E-state index in [1.54, 1.807) is 72.8 Å². The largest absolute Gasteiger partial charge is 0.271 e. The lowest BCUT2D eigenvalue weighted by Gasteiger charge is -2.25. The molecule has 0 atom stereocenters. The van der Waals surface area contributed by atoms with Gasteiger partial charge in [0.1, 0.15) is 5.15 Å². The molecule has 0 aliphatic rings. The molecular formula is C31H24Cl2N4O3S. The number of hydrogen-bond donors (Lipinski definition) is 1. The van der Waals surface area contributed by atoms with Gasteiger partial charge < -0.3 is 0 Å². The number of carbonyl (C=O) groups excluding carboxylic acids is 1. The number of benzene rings is 4. The van der Waals surface area contributed by atoms with E-state index in [1.807, 2.05) is 37.3 Å². The molecule has 206 valence electrons. The van der Waals surface area contributed by atoms with Gasteiger partial charge in [0.05, 0.1) is 28.9 Å². The Hall–Kier alpha value is -4.24. The molecule has 0 fully saturated rings. The van der Waals surface area contributed by atoms with Crippen LogP contribution in [0.15, 0.2) is 113 Å². The van der Waals surface area contributed by atoms with E-state index in [-0.39, 0.29) is 16.6 Å². The maximum absolute atomic E-state index is 13.7. The van der Waals surface area contributed by atoms with Crippen LogP contribution in [0.5, 0.6) is 0 Å². The minimum absolute atomic E-state index is 0.0318. The Labute approximate surface area is 248 Å². The average Bonchev–Trinajstić information content (AvgIpc) is 2.96. The van der Waals surface area contributed by atoms with Crippen LogP contribution in [0.4, 0.5) is 5.69 Å². The average molecular weight is 604 g/mol. The number of carbonyl (C=O) groups is 1. The number of amides is 1. The van der Waals surface area contributed by atoms with Gasteiger partial charge in [-0.2, -0.15) is 5.10 Å². The number of pyridine rings is 1. The fourth-order valence-corrected chi connectivity index (χ4v) is 5.96. The lowest BCUT2D eigenvalue weighted by atomic mass is 10.1. The molecule has 1 N–H and O–H groups in total. The Morgan fingerprint density at radius 3 is 2.39 bits per heavy atom. The van der Waals surface area contributed by atoms with Gasteiger partial charge in [0.25, 0.3) is 15.9 Å². The molecule has 1 aromatic heterocycles.